The second-order valence-corrected chi connectivity index (χ2v) is 5.84. The van der Waals surface area contributed by atoms with Gasteiger partial charge in [0.15, 0.2) is 0 Å². The van der Waals surface area contributed by atoms with Crippen molar-refractivity contribution in [2.24, 2.45) is 11.6 Å². The molecule has 0 spiro atoms. The van der Waals surface area contributed by atoms with Gasteiger partial charge < -0.3 is 5.73 Å². The minimum atomic E-state index is -0.316. The van der Waals surface area contributed by atoms with Gasteiger partial charge >= 0.3 is 6.03 Å². The molecule has 6 heteroatoms. The lowest BCUT2D eigenvalue weighted by Crippen LogP contribution is -2.59. The molecule has 0 radical (unpaired) electrons. The molecule has 1 aliphatic rings. The predicted octanol–water partition coefficient (Wildman–Crippen LogP) is 0.840. The Balaban J connectivity index is 2.09. The molecule has 4 N–H and O–H groups in total. The molecule has 104 valence electrons. The number of nitrogens with zero attached hydrogens (tertiary/aromatic N) is 3. The van der Waals surface area contributed by atoms with Crippen LogP contribution in [-0.2, 0) is 0 Å². The van der Waals surface area contributed by atoms with Gasteiger partial charge in [-0.3, -0.25) is 0 Å². The molecular formula is C13H22N5O+. The predicted molar refractivity (Wildman–Crippen MR) is 74.0 cm³/mol. The van der Waals surface area contributed by atoms with Crippen LogP contribution in [0.4, 0.5) is 10.6 Å². The molecule has 2 rings (SSSR count). The van der Waals surface area contributed by atoms with Gasteiger partial charge in [-0.25, -0.2) is 14.7 Å². The zero-order valence-electron chi connectivity index (χ0n) is 11.5. The first-order valence-corrected chi connectivity index (χ1v) is 6.49. The molecule has 6 nitrogen and oxygen atoms in total. The fourth-order valence-corrected chi connectivity index (χ4v) is 2.13. The van der Waals surface area contributed by atoms with Gasteiger partial charge in [0, 0.05) is 18.2 Å². The topological polar surface area (TPSA) is 85.2 Å². The fraction of sp³-hybridized carbons (Fsp3) is 0.538. The summed E-state index contributed by atoms with van der Waals surface area (Å²) in [5, 5.41) is 0. The smallest absolute Gasteiger partial charge is 0.325 e. The molecule has 0 aliphatic carbocycles. The van der Waals surface area contributed by atoms with E-state index in [1.54, 1.807) is 11.1 Å². The van der Waals surface area contributed by atoms with Gasteiger partial charge in [0.25, 0.3) is 0 Å². The number of pyridine rings is 1. The zero-order chi connectivity index (χ0) is 14.1. The number of amides is 2. The molecule has 0 saturated carbocycles. The summed E-state index contributed by atoms with van der Waals surface area (Å²) in [6.07, 6.45) is 2.38. The van der Waals surface area contributed by atoms with Gasteiger partial charge in [-0.15, -0.1) is 0 Å². The summed E-state index contributed by atoms with van der Waals surface area (Å²) < 4.78 is -0.0861. The molecule has 1 atom stereocenters. The third kappa shape index (κ3) is 3.09. The van der Waals surface area contributed by atoms with E-state index < -0.39 is 0 Å². The Morgan fingerprint density at radius 3 is 2.79 bits per heavy atom. The van der Waals surface area contributed by atoms with Gasteiger partial charge in [0.2, 0.25) is 0 Å². The molecule has 1 saturated heterocycles. The average Bonchev–Trinajstić information content (AvgIpc) is 2.65. The summed E-state index contributed by atoms with van der Waals surface area (Å²) in [5.74, 6) is 6.86. The Morgan fingerprint density at radius 1 is 1.47 bits per heavy atom. The number of carbonyl (C=O) groups excluding carboxylic acids is 1. The Labute approximate surface area is 113 Å². The van der Waals surface area contributed by atoms with Crippen LogP contribution in [0.2, 0.25) is 0 Å². The third-order valence-electron chi connectivity index (χ3n) is 3.42. The van der Waals surface area contributed by atoms with Crippen LogP contribution in [0.3, 0.4) is 0 Å². The fourth-order valence-electron chi connectivity index (χ4n) is 2.13. The summed E-state index contributed by atoms with van der Waals surface area (Å²) in [6, 6.07) is 5.40. The Kier molecular flexibility index (Phi) is 3.58. The van der Waals surface area contributed by atoms with Crippen molar-refractivity contribution >= 4 is 11.8 Å². The molecule has 0 bridgehead atoms. The number of quaternary nitrogens is 1. The maximum absolute atomic E-state index is 12.4. The lowest BCUT2D eigenvalue weighted by Gasteiger charge is -2.28. The largest absolute Gasteiger partial charge is 0.444 e. The number of aromatic nitrogens is 1. The monoisotopic (exact) mass is 264 g/mol. The first kappa shape index (κ1) is 13.9. The van der Waals surface area contributed by atoms with E-state index >= 15 is 0 Å². The van der Waals surface area contributed by atoms with Crippen molar-refractivity contribution in [1.29, 1.82) is 0 Å². The molecule has 2 heterocycles. The first-order chi connectivity index (χ1) is 8.82. The van der Waals surface area contributed by atoms with Gasteiger partial charge in [0.1, 0.15) is 18.9 Å². The Hall–Kier alpha value is -1.50. The van der Waals surface area contributed by atoms with E-state index in [2.05, 4.69) is 4.98 Å². The highest BCUT2D eigenvalue weighted by atomic mass is 16.2. The van der Waals surface area contributed by atoms with Crippen LogP contribution in [-0.4, -0.2) is 40.8 Å². The summed E-state index contributed by atoms with van der Waals surface area (Å²) >= 11 is 0. The maximum atomic E-state index is 12.4. The summed E-state index contributed by atoms with van der Waals surface area (Å²) in [7, 11) is 0. The van der Waals surface area contributed by atoms with Gasteiger partial charge in [-0.05, 0) is 26.0 Å². The van der Waals surface area contributed by atoms with Crippen molar-refractivity contribution in [3.8, 4) is 0 Å². The quantitative estimate of drug-likeness (QED) is 0.479. The van der Waals surface area contributed by atoms with Crippen molar-refractivity contribution in [2.45, 2.75) is 25.8 Å². The van der Waals surface area contributed by atoms with Crippen LogP contribution in [0.25, 0.3) is 0 Å². The second-order valence-electron chi connectivity index (χ2n) is 5.84. The van der Waals surface area contributed by atoms with E-state index in [1.165, 1.54) is 0 Å². The number of rotatable bonds is 4. The lowest BCUT2D eigenvalue weighted by molar-refractivity contribution is -0.853. The van der Waals surface area contributed by atoms with E-state index in [-0.39, 0.29) is 16.2 Å². The minimum Gasteiger partial charge on any atom is -0.325 e. The number of urea groups is 1. The van der Waals surface area contributed by atoms with Gasteiger partial charge in [0.05, 0.1) is 6.54 Å². The van der Waals surface area contributed by atoms with Crippen molar-refractivity contribution in [1.82, 2.24) is 4.98 Å². The number of hydrogen-bond acceptors (Lipinski definition) is 4. The average molecular weight is 264 g/mol. The van der Waals surface area contributed by atoms with Crippen LogP contribution in [0, 0.1) is 0 Å². The molecule has 1 aromatic heterocycles. The second kappa shape index (κ2) is 4.88. The van der Waals surface area contributed by atoms with E-state index in [9.17, 15) is 4.79 Å². The number of anilines is 1. The molecule has 1 fully saturated rings. The summed E-state index contributed by atoms with van der Waals surface area (Å²) in [5.41, 5.74) is 5.64. The van der Waals surface area contributed by atoms with Gasteiger partial charge in [-0.2, -0.15) is 10.4 Å². The highest BCUT2D eigenvalue weighted by Crippen LogP contribution is 2.22. The molecule has 1 unspecified atom stereocenters. The Bertz CT molecular complexity index is 456. The van der Waals surface area contributed by atoms with Crippen molar-refractivity contribution < 1.29 is 9.39 Å². The summed E-state index contributed by atoms with van der Waals surface area (Å²) in [4.78, 5) is 18.3. The standard InChI is InChI=1S/C13H22N5O/c1-13(2,14)6-9-18(15)10-8-17(12(18)19)11-5-3-4-7-16-11/h3-5,7H,6,8-10,14-15H2,1-2H3/q+1. The van der Waals surface area contributed by atoms with Crippen LogP contribution in [0.5, 0.6) is 0 Å². The molecule has 1 aromatic rings. The molecular weight excluding hydrogens is 242 g/mol. The zero-order valence-corrected chi connectivity index (χ0v) is 11.5. The van der Waals surface area contributed by atoms with E-state index in [0.717, 1.165) is 0 Å². The van der Waals surface area contributed by atoms with Crippen molar-refractivity contribution in [2.75, 3.05) is 24.5 Å². The summed E-state index contributed by atoms with van der Waals surface area (Å²) in [6.45, 7) is 5.61. The van der Waals surface area contributed by atoms with Crippen LogP contribution >= 0.6 is 0 Å². The maximum Gasteiger partial charge on any atom is 0.444 e. The Morgan fingerprint density at radius 2 is 2.21 bits per heavy atom. The highest BCUT2D eigenvalue weighted by molar-refractivity contribution is 5.87. The minimum absolute atomic E-state index is 0.0861. The third-order valence-corrected chi connectivity index (χ3v) is 3.42. The SMILES string of the molecule is CC(C)(N)CC[N+]1(N)CCN(c2ccccn2)C1=O. The van der Waals surface area contributed by atoms with Crippen LogP contribution in [0.15, 0.2) is 24.4 Å². The van der Waals surface area contributed by atoms with Crippen LogP contribution in [0.1, 0.15) is 20.3 Å². The number of nitrogens with two attached hydrogens (primary N) is 2. The van der Waals surface area contributed by atoms with Gasteiger partial charge in [-0.1, -0.05) is 6.07 Å². The van der Waals surface area contributed by atoms with Crippen LogP contribution < -0.4 is 16.5 Å². The highest BCUT2D eigenvalue weighted by Gasteiger charge is 2.46. The lowest BCUT2D eigenvalue weighted by atomic mass is 10.0. The normalized spacial score (nSPS) is 24.0. The molecule has 1 aliphatic heterocycles. The molecule has 0 aromatic carbocycles. The first-order valence-electron chi connectivity index (χ1n) is 6.49. The van der Waals surface area contributed by atoms with Crippen molar-refractivity contribution in [3.63, 3.8) is 0 Å². The number of hydrogen-bond donors (Lipinski definition) is 2. The molecule has 2 amide bonds. The van der Waals surface area contributed by atoms with Crippen molar-refractivity contribution in [3.05, 3.63) is 24.4 Å². The number of carbonyl (C=O) groups is 1. The van der Waals surface area contributed by atoms with E-state index in [4.69, 9.17) is 11.6 Å². The van der Waals surface area contributed by atoms with E-state index in [1.807, 2.05) is 32.0 Å². The molecule has 19 heavy (non-hydrogen) atoms. The van der Waals surface area contributed by atoms with E-state index in [0.29, 0.717) is 31.9 Å².